The van der Waals surface area contributed by atoms with Crippen LogP contribution in [-0.4, -0.2) is 17.5 Å². The van der Waals surface area contributed by atoms with E-state index in [1.54, 1.807) is 12.1 Å². The number of halogens is 1. The molecule has 0 bridgehead atoms. The van der Waals surface area contributed by atoms with Crippen LogP contribution in [0.1, 0.15) is 27.2 Å². The number of nitro groups is 1. The molecule has 0 aliphatic carbocycles. The van der Waals surface area contributed by atoms with Crippen LogP contribution in [0.4, 0.5) is 11.4 Å². The largest absolute Gasteiger partial charge is 0.364 e. The van der Waals surface area contributed by atoms with E-state index >= 15 is 0 Å². The van der Waals surface area contributed by atoms with Gasteiger partial charge in [0.15, 0.2) is 0 Å². The maximum atomic E-state index is 11.1. The van der Waals surface area contributed by atoms with Gasteiger partial charge in [0, 0.05) is 23.1 Å². The molecule has 0 spiro atoms. The Hall–Kier alpha value is -1.10. The summed E-state index contributed by atoms with van der Waals surface area (Å²) in [5, 5.41) is 11.1. The maximum absolute atomic E-state index is 11.1. The SMILES string of the molecule is CCCN(c1ccc(Br)cc1[N+](=O)[O-])C(C)C. The average Bonchev–Trinajstić information content (AvgIpc) is 2.26. The fourth-order valence-corrected chi connectivity index (χ4v) is 2.13. The molecule has 5 heteroatoms. The molecule has 0 fully saturated rings. The zero-order chi connectivity index (χ0) is 13.0. The van der Waals surface area contributed by atoms with Gasteiger partial charge in [0.05, 0.1) is 4.92 Å². The first-order valence-electron chi connectivity index (χ1n) is 5.68. The van der Waals surface area contributed by atoms with Gasteiger partial charge in [-0.3, -0.25) is 10.1 Å². The maximum Gasteiger partial charge on any atom is 0.293 e. The minimum Gasteiger partial charge on any atom is -0.364 e. The van der Waals surface area contributed by atoms with Crippen LogP contribution in [0, 0.1) is 10.1 Å². The molecule has 0 aliphatic heterocycles. The predicted molar refractivity (Wildman–Crippen MR) is 73.6 cm³/mol. The normalized spacial score (nSPS) is 10.6. The fourth-order valence-electron chi connectivity index (χ4n) is 1.78. The van der Waals surface area contributed by atoms with Crippen LogP contribution >= 0.6 is 15.9 Å². The number of hydrogen-bond donors (Lipinski definition) is 0. The Kier molecular flexibility index (Phi) is 4.93. The molecule has 0 atom stereocenters. The lowest BCUT2D eigenvalue weighted by Gasteiger charge is -2.28. The summed E-state index contributed by atoms with van der Waals surface area (Å²) < 4.78 is 0.730. The molecule has 1 aromatic carbocycles. The second-order valence-electron chi connectivity index (χ2n) is 4.18. The highest BCUT2D eigenvalue weighted by atomic mass is 79.9. The molecule has 94 valence electrons. The van der Waals surface area contributed by atoms with E-state index in [1.165, 1.54) is 0 Å². The predicted octanol–water partition coefficient (Wildman–Crippen LogP) is 3.98. The van der Waals surface area contributed by atoms with Crippen molar-refractivity contribution in [1.82, 2.24) is 0 Å². The van der Waals surface area contributed by atoms with Crippen molar-refractivity contribution < 1.29 is 4.92 Å². The number of nitro benzene ring substituents is 1. The van der Waals surface area contributed by atoms with Crippen molar-refractivity contribution in [3.63, 3.8) is 0 Å². The number of rotatable bonds is 5. The van der Waals surface area contributed by atoms with Gasteiger partial charge in [-0.1, -0.05) is 22.9 Å². The highest BCUT2D eigenvalue weighted by Crippen LogP contribution is 2.32. The summed E-state index contributed by atoms with van der Waals surface area (Å²) in [6.45, 7) is 6.98. The van der Waals surface area contributed by atoms with E-state index in [4.69, 9.17) is 0 Å². The Bertz CT molecular complexity index is 407. The summed E-state index contributed by atoms with van der Waals surface area (Å²) >= 11 is 3.27. The number of hydrogen-bond acceptors (Lipinski definition) is 3. The van der Waals surface area contributed by atoms with Crippen molar-refractivity contribution >= 4 is 27.3 Å². The Morgan fingerprint density at radius 1 is 1.47 bits per heavy atom. The van der Waals surface area contributed by atoms with Crippen molar-refractivity contribution in [2.45, 2.75) is 33.2 Å². The molecule has 0 aromatic heterocycles. The van der Waals surface area contributed by atoms with Crippen LogP contribution in [-0.2, 0) is 0 Å². The second kappa shape index (κ2) is 6.00. The third-order valence-electron chi connectivity index (χ3n) is 2.53. The smallest absolute Gasteiger partial charge is 0.293 e. The van der Waals surface area contributed by atoms with Gasteiger partial charge in [0.25, 0.3) is 5.69 Å². The lowest BCUT2D eigenvalue weighted by atomic mass is 10.2. The van der Waals surface area contributed by atoms with Crippen molar-refractivity contribution in [3.05, 3.63) is 32.8 Å². The second-order valence-corrected chi connectivity index (χ2v) is 5.09. The fraction of sp³-hybridized carbons (Fsp3) is 0.500. The summed E-state index contributed by atoms with van der Waals surface area (Å²) in [4.78, 5) is 12.8. The van der Waals surface area contributed by atoms with E-state index in [0.717, 1.165) is 17.4 Å². The highest BCUT2D eigenvalue weighted by molar-refractivity contribution is 9.10. The van der Waals surface area contributed by atoms with Crippen LogP contribution in [0.5, 0.6) is 0 Å². The lowest BCUT2D eigenvalue weighted by molar-refractivity contribution is -0.384. The Morgan fingerprint density at radius 3 is 2.59 bits per heavy atom. The molecule has 1 aromatic rings. The molecule has 4 nitrogen and oxygen atoms in total. The minimum absolute atomic E-state index is 0.154. The first kappa shape index (κ1) is 14.0. The number of anilines is 1. The molecule has 0 radical (unpaired) electrons. The standard InChI is InChI=1S/C12H17BrN2O2/c1-4-7-14(9(2)3)11-6-5-10(13)8-12(11)15(16)17/h5-6,8-9H,4,7H2,1-3H3. The van der Waals surface area contributed by atoms with Crippen LogP contribution in [0.3, 0.4) is 0 Å². The Labute approximate surface area is 110 Å². The van der Waals surface area contributed by atoms with E-state index in [0.29, 0.717) is 5.69 Å². The molecule has 0 heterocycles. The van der Waals surface area contributed by atoms with Gasteiger partial charge in [0.2, 0.25) is 0 Å². The van der Waals surface area contributed by atoms with E-state index in [2.05, 4.69) is 27.8 Å². The van der Waals surface area contributed by atoms with Crippen LogP contribution < -0.4 is 4.90 Å². The summed E-state index contributed by atoms with van der Waals surface area (Å²) in [7, 11) is 0. The van der Waals surface area contributed by atoms with Gasteiger partial charge in [0.1, 0.15) is 5.69 Å². The van der Waals surface area contributed by atoms with E-state index in [-0.39, 0.29) is 16.7 Å². The third-order valence-corrected chi connectivity index (χ3v) is 3.02. The van der Waals surface area contributed by atoms with Crippen molar-refractivity contribution in [3.8, 4) is 0 Å². The monoisotopic (exact) mass is 300 g/mol. The van der Waals surface area contributed by atoms with E-state index in [1.807, 2.05) is 19.9 Å². The molecule has 17 heavy (non-hydrogen) atoms. The summed E-state index contributed by atoms with van der Waals surface area (Å²) in [6.07, 6.45) is 0.964. The van der Waals surface area contributed by atoms with Crippen molar-refractivity contribution in [2.24, 2.45) is 0 Å². The number of nitrogens with zero attached hydrogens (tertiary/aromatic N) is 2. The van der Waals surface area contributed by atoms with Gasteiger partial charge in [-0.2, -0.15) is 0 Å². The van der Waals surface area contributed by atoms with E-state index < -0.39 is 0 Å². The molecular weight excluding hydrogens is 284 g/mol. The van der Waals surface area contributed by atoms with Crippen LogP contribution in [0.25, 0.3) is 0 Å². The first-order chi connectivity index (χ1) is 7.97. The van der Waals surface area contributed by atoms with Gasteiger partial charge in [-0.25, -0.2) is 0 Å². The minimum atomic E-state index is -0.328. The zero-order valence-electron chi connectivity index (χ0n) is 10.3. The molecule has 0 N–H and O–H groups in total. The van der Waals surface area contributed by atoms with Gasteiger partial charge < -0.3 is 4.90 Å². The first-order valence-corrected chi connectivity index (χ1v) is 6.47. The van der Waals surface area contributed by atoms with Crippen LogP contribution in [0.2, 0.25) is 0 Å². The van der Waals surface area contributed by atoms with E-state index in [9.17, 15) is 10.1 Å². The molecule has 0 saturated heterocycles. The molecule has 0 amide bonds. The Balaban J connectivity index is 3.22. The van der Waals surface area contributed by atoms with Crippen molar-refractivity contribution in [1.29, 1.82) is 0 Å². The average molecular weight is 301 g/mol. The third kappa shape index (κ3) is 3.43. The summed E-state index contributed by atoms with van der Waals surface area (Å²) in [5.74, 6) is 0. The van der Waals surface area contributed by atoms with Gasteiger partial charge >= 0.3 is 0 Å². The summed E-state index contributed by atoms with van der Waals surface area (Å²) in [6, 6.07) is 5.45. The molecule has 0 unspecified atom stereocenters. The molecular formula is C12H17BrN2O2. The zero-order valence-corrected chi connectivity index (χ0v) is 11.9. The van der Waals surface area contributed by atoms with Crippen molar-refractivity contribution in [2.75, 3.05) is 11.4 Å². The molecule has 0 saturated carbocycles. The topological polar surface area (TPSA) is 46.4 Å². The lowest BCUT2D eigenvalue weighted by Crippen LogP contribution is -2.31. The molecule has 1 rings (SSSR count). The van der Waals surface area contributed by atoms with Crippen LogP contribution in [0.15, 0.2) is 22.7 Å². The molecule has 0 aliphatic rings. The quantitative estimate of drug-likeness (QED) is 0.610. The summed E-state index contributed by atoms with van der Waals surface area (Å²) in [5.41, 5.74) is 0.844. The van der Waals surface area contributed by atoms with Gasteiger partial charge in [-0.05, 0) is 32.4 Å². The highest BCUT2D eigenvalue weighted by Gasteiger charge is 2.21. The van der Waals surface area contributed by atoms with Gasteiger partial charge in [-0.15, -0.1) is 0 Å². The Morgan fingerprint density at radius 2 is 2.12 bits per heavy atom. The number of benzene rings is 1.